The van der Waals surface area contributed by atoms with Gasteiger partial charge in [0.2, 0.25) is 0 Å². The van der Waals surface area contributed by atoms with Gasteiger partial charge in [0.1, 0.15) is 5.82 Å². The zero-order valence-corrected chi connectivity index (χ0v) is 10.3. The molecule has 0 amide bonds. The van der Waals surface area contributed by atoms with Gasteiger partial charge < -0.3 is 0 Å². The zero-order chi connectivity index (χ0) is 12.6. The largest absolute Gasteiger partial charge is 0.295 e. The van der Waals surface area contributed by atoms with Crippen molar-refractivity contribution in [3.05, 3.63) is 50.7 Å². The first-order valence-corrected chi connectivity index (χ1v) is 5.68. The number of nitrogens with one attached hydrogen (secondary N) is 1. The SMILES string of the molecule is CCc1[nH]n(-c2ccc(Cl)c(F)c2)c(=O)c1C. The van der Waals surface area contributed by atoms with Crippen LogP contribution in [-0.4, -0.2) is 9.78 Å². The third-order valence-corrected chi connectivity index (χ3v) is 3.04. The minimum absolute atomic E-state index is 0.0424. The standard InChI is InChI=1S/C12H12ClFN2O/c1-3-11-7(2)12(17)16(15-11)8-4-5-9(13)10(14)6-8/h4-6,15H,3H2,1-2H3. The zero-order valence-electron chi connectivity index (χ0n) is 9.55. The van der Waals surface area contributed by atoms with Gasteiger partial charge in [0.05, 0.1) is 10.7 Å². The number of hydrogen-bond donors (Lipinski definition) is 1. The van der Waals surface area contributed by atoms with Gasteiger partial charge in [0, 0.05) is 17.3 Å². The Balaban J connectivity index is 2.61. The van der Waals surface area contributed by atoms with E-state index in [1.165, 1.54) is 16.8 Å². The second kappa shape index (κ2) is 4.37. The molecule has 0 saturated carbocycles. The highest BCUT2D eigenvalue weighted by atomic mass is 35.5. The lowest BCUT2D eigenvalue weighted by Crippen LogP contribution is -2.15. The Morgan fingerprint density at radius 3 is 2.71 bits per heavy atom. The molecular formula is C12H12ClFN2O. The van der Waals surface area contributed by atoms with E-state index < -0.39 is 5.82 Å². The van der Waals surface area contributed by atoms with E-state index in [9.17, 15) is 9.18 Å². The van der Waals surface area contributed by atoms with Crippen molar-refractivity contribution in [2.24, 2.45) is 0 Å². The molecule has 90 valence electrons. The van der Waals surface area contributed by atoms with Crippen LogP contribution in [0.3, 0.4) is 0 Å². The van der Waals surface area contributed by atoms with Crippen molar-refractivity contribution >= 4 is 11.6 Å². The number of rotatable bonds is 2. The molecule has 0 atom stereocenters. The molecule has 0 fully saturated rings. The van der Waals surface area contributed by atoms with E-state index in [1.807, 2.05) is 6.92 Å². The van der Waals surface area contributed by atoms with Gasteiger partial charge in [-0.3, -0.25) is 9.89 Å². The first-order valence-electron chi connectivity index (χ1n) is 5.30. The summed E-state index contributed by atoms with van der Waals surface area (Å²) in [6, 6.07) is 4.27. The van der Waals surface area contributed by atoms with Gasteiger partial charge in [-0.25, -0.2) is 9.07 Å². The van der Waals surface area contributed by atoms with Crippen LogP contribution in [0.5, 0.6) is 0 Å². The number of aromatic nitrogens is 2. The molecule has 0 aliphatic rings. The number of hydrogen-bond acceptors (Lipinski definition) is 1. The third-order valence-electron chi connectivity index (χ3n) is 2.74. The Bertz CT molecular complexity index is 615. The van der Waals surface area contributed by atoms with Gasteiger partial charge in [-0.1, -0.05) is 18.5 Å². The first-order chi connectivity index (χ1) is 8.04. The van der Waals surface area contributed by atoms with Crippen molar-refractivity contribution in [3.63, 3.8) is 0 Å². The van der Waals surface area contributed by atoms with Crippen LogP contribution in [0.1, 0.15) is 18.2 Å². The van der Waals surface area contributed by atoms with Gasteiger partial charge >= 0.3 is 0 Å². The van der Waals surface area contributed by atoms with E-state index in [4.69, 9.17) is 11.6 Å². The quantitative estimate of drug-likeness (QED) is 0.879. The predicted molar refractivity (Wildman–Crippen MR) is 65.5 cm³/mol. The van der Waals surface area contributed by atoms with Crippen molar-refractivity contribution < 1.29 is 4.39 Å². The lowest BCUT2D eigenvalue weighted by atomic mass is 10.2. The van der Waals surface area contributed by atoms with Gasteiger partial charge in [0.15, 0.2) is 0 Å². The molecule has 17 heavy (non-hydrogen) atoms. The van der Waals surface area contributed by atoms with Crippen molar-refractivity contribution in [2.45, 2.75) is 20.3 Å². The van der Waals surface area contributed by atoms with Crippen LogP contribution in [-0.2, 0) is 6.42 Å². The number of halogens is 2. The predicted octanol–water partition coefficient (Wildman–Crippen LogP) is 2.83. The van der Waals surface area contributed by atoms with Crippen LogP contribution in [0.2, 0.25) is 5.02 Å². The van der Waals surface area contributed by atoms with Crippen molar-refractivity contribution in [1.29, 1.82) is 0 Å². The molecule has 0 unspecified atom stereocenters. The van der Waals surface area contributed by atoms with Crippen molar-refractivity contribution in [2.75, 3.05) is 0 Å². The topological polar surface area (TPSA) is 37.8 Å². The summed E-state index contributed by atoms with van der Waals surface area (Å²) in [5, 5.41) is 3.00. The maximum atomic E-state index is 13.3. The highest BCUT2D eigenvalue weighted by molar-refractivity contribution is 6.30. The molecule has 1 aromatic carbocycles. The van der Waals surface area contributed by atoms with E-state index in [-0.39, 0.29) is 10.6 Å². The Labute approximate surface area is 103 Å². The summed E-state index contributed by atoms with van der Waals surface area (Å²) in [7, 11) is 0. The highest BCUT2D eigenvalue weighted by Crippen LogP contribution is 2.17. The summed E-state index contributed by atoms with van der Waals surface area (Å²) < 4.78 is 14.7. The molecule has 3 nitrogen and oxygen atoms in total. The fourth-order valence-corrected chi connectivity index (χ4v) is 1.83. The van der Waals surface area contributed by atoms with E-state index in [2.05, 4.69) is 5.10 Å². The van der Waals surface area contributed by atoms with Gasteiger partial charge in [-0.05, 0) is 25.5 Å². The molecule has 0 aliphatic carbocycles. The molecule has 2 aromatic rings. The second-order valence-electron chi connectivity index (χ2n) is 3.81. The lowest BCUT2D eigenvalue weighted by Gasteiger charge is -2.02. The molecule has 1 heterocycles. The average Bonchev–Trinajstić information content (AvgIpc) is 2.60. The summed E-state index contributed by atoms with van der Waals surface area (Å²) >= 11 is 5.60. The molecule has 0 radical (unpaired) electrons. The molecule has 0 spiro atoms. The second-order valence-corrected chi connectivity index (χ2v) is 4.22. The molecule has 1 N–H and O–H groups in total. The van der Waals surface area contributed by atoms with Crippen LogP contribution >= 0.6 is 11.6 Å². The van der Waals surface area contributed by atoms with E-state index in [0.29, 0.717) is 11.3 Å². The lowest BCUT2D eigenvalue weighted by molar-refractivity contribution is 0.625. The molecule has 0 saturated heterocycles. The summed E-state index contributed by atoms with van der Waals surface area (Å²) in [5.74, 6) is -0.540. The minimum atomic E-state index is -0.540. The van der Waals surface area contributed by atoms with Crippen LogP contribution in [0, 0.1) is 12.7 Å². The molecule has 5 heteroatoms. The molecular weight excluding hydrogens is 243 g/mol. The van der Waals surface area contributed by atoms with Gasteiger partial charge in [-0.2, -0.15) is 0 Å². The van der Waals surface area contributed by atoms with Crippen LogP contribution in [0.15, 0.2) is 23.0 Å². The Morgan fingerprint density at radius 2 is 2.18 bits per heavy atom. The first kappa shape index (κ1) is 11.9. The summed E-state index contributed by atoms with van der Waals surface area (Å²) in [6.45, 7) is 3.70. The number of H-pyrrole nitrogens is 1. The minimum Gasteiger partial charge on any atom is -0.295 e. The fourth-order valence-electron chi connectivity index (χ4n) is 1.72. The fraction of sp³-hybridized carbons (Fsp3) is 0.250. The third kappa shape index (κ3) is 2.00. The maximum Gasteiger partial charge on any atom is 0.274 e. The Morgan fingerprint density at radius 1 is 1.47 bits per heavy atom. The molecule has 0 bridgehead atoms. The molecule has 0 aliphatic heterocycles. The van der Waals surface area contributed by atoms with Crippen molar-refractivity contribution in [3.8, 4) is 5.69 Å². The maximum absolute atomic E-state index is 13.3. The number of aromatic amines is 1. The normalized spacial score (nSPS) is 10.8. The van der Waals surface area contributed by atoms with E-state index in [1.54, 1.807) is 13.0 Å². The van der Waals surface area contributed by atoms with Gasteiger partial charge in [-0.15, -0.1) is 0 Å². The van der Waals surface area contributed by atoms with Crippen LogP contribution in [0.4, 0.5) is 4.39 Å². The van der Waals surface area contributed by atoms with Crippen LogP contribution in [0.25, 0.3) is 5.69 Å². The van der Waals surface area contributed by atoms with E-state index in [0.717, 1.165) is 12.1 Å². The summed E-state index contributed by atoms with van der Waals surface area (Å²) in [4.78, 5) is 11.9. The monoisotopic (exact) mass is 254 g/mol. The van der Waals surface area contributed by atoms with E-state index >= 15 is 0 Å². The molecule has 2 rings (SSSR count). The summed E-state index contributed by atoms with van der Waals surface area (Å²) in [6.07, 6.45) is 0.726. The number of nitrogens with zero attached hydrogens (tertiary/aromatic N) is 1. The van der Waals surface area contributed by atoms with Crippen LogP contribution < -0.4 is 5.56 Å². The van der Waals surface area contributed by atoms with Crippen molar-refractivity contribution in [1.82, 2.24) is 9.78 Å². The number of benzene rings is 1. The number of aryl methyl sites for hydroxylation is 1. The average molecular weight is 255 g/mol. The summed E-state index contributed by atoms with van der Waals surface area (Å²) in [5.41, 5.74) is 1.79. The highest BCUT2D eigenvalue weighted by Gasteiger charge is 2.11. The Kier molecular flexibility index (Phi) is 3.07. The smallest absolute Gasteiger partial charge is 0.274 e. The molecule has 1 aromatic heterocycles. The van der Waals surface area contributed by atoms with Gasteiger partial charge in [0.25, 0.3) is 5.56 Å². The Hall–Kier alpha value is -1.55.